The summed E-state index contributed by atoms with van der Waals surface area (Å²) in [5, 5.41) is 3.03. The van der Waals surface area contributed by atoms with Crippen molar-refractivity contribution in [3.63, 3.8) is 0 Å². The molecule has 0 saturated heterocycles. The fraction of sp³-hybridized carbons (Fsp3) is 0.267. The molecule has 1 heterocycles. The Morgan fingerprint density at radius 1 is 1.19 bits per heavy atom. The van der Waals surface area contributed by atoms with Gasteiger partial charge in [0, 0.05) is 38.5 Å². The summed E-state index contributed by atoms with van der Waals surface area (Å²) in [6, 6.07) is 6.41. The number of hydrogen-bond acceptors (Lipinski definition) is 3. The highest BCUT2D eigenvalue weighted by molar-refractivity contribution is 5.41. The molecule has 2 aromatic rings. The van der Waals surface area contributed by atoms with Crippen LogP contribution in [0.25, 0.3) is 0 Å². The van der Waals surface area contributed by atoms with Gasteiger partial charge in [0.25, 0.3) is 5.56 Å². The normalized spacial score (nSPS) is 10.6. The average Bonchev–Trinajstić information content (AvgIpc) is 2.44. The lowest BCUT2D eigenvalue weighted by atomic mass is 10.2. The lowest BCUT2D eigenvalue weighted by molar-refractivity contribution is 0.186. The van der Waals surface area contributed by atoms with Crippen molar-refractivity contribution in [3.05, 3.63) is 64.1 Å². The van der Waals surface area contributed by atoms with Crippen molar-refractivity contribution >= 4 is 5.69 Å². The highest BCUT2D eigenvalue weighted by Crippen LogP contribution is 2.11. The summed E-state index contributed by atoms with van der Waals surface area (Å²) in [5.41, 5.74) is 1.05. The molecular weight excluding hydrogens is 278 g/mol. The van der Waals surface area contributed by atoms with Gasteiger partial charge in [-0.2, -0.15) is 0 Å². The van der Waals surface area contributed by atoms with Crippen LogP contribution in [-0.2, 0) is 17.8 Å². The summed E-state index contributed by atoms with van der Waals surface area (Å²) < 4.78 is 32.6. The number of halogens is 2. The Morgan fingerprint density at radius 2 is 1.90 bits per heavy atom. The van der Waals surface area contributed by atoms with E-state index in [0.29, 0.717) is 24.4 Å². The van der Waals surface area contributed by atoms with Gasteiger partial charge in [-0.3, -0.25) is 4.79 Å². The van der Waals surface area contributed by atoms with Gasteiger partial charge < -0.3 is 14.6 Å². The fourth-order valence-corrected chi connectivity index (χ4v) is 1.92. The molecule has 0 atom stereocenters. The van der Waals surface area contributed by atoms with E-state index in [2.05, 4.69) is 5.32 Å². The van der Waals surface area contributed by atoms with E-state index >= 15 is 0 Å². The van der Waals surface area contributed by atoms with E-state index in [4.69, 9.17) is 4.74 Å². The summed E-state index contributed by atoms with van der Waals surface area (Å²) in [7, 11) is 1.56. The molecule has 0 aliphatic rings. The van der Waals surface area contributed by atoms with Crippen molar-refractivity contribution in [2.45, 2.75) is 13.1 Å². The maximum absolute atomic E-state index is 13.1. The second-order valence-electron chi connectivity index (χ2n) is 4.57. The molecule has 21 heavy (non-hydrogen) atoms. The standard InChI is InChI=1S/C15H16F2N2O2/c1-21-5-4-19-10-14(2-3-15(19)20)18-9-11-6-12(16)8-13(17)7-11/h2-3,6-8,10,18H,4-5,9H2,1H3. The third kappa shape index (κ3) is 4.39. The van der Waals surface area contributed by atoms with Crippen molar-refractivity contribution in [1.82, 2.24) is 4.57 Å². The molecule has 0 fully saturated rings. The third-order valence-electron chi connectivity index (χ3n) is 2.94. The summed E-state index contributed by atoms with van der Waals surface area (Å²) in [6.07, 6.45) is 1.65. The Morgan fingerprint density at radius 3 is 2.57 bits per heavy atom. The number of methoxy groups -OCH3 is 1. The molecular formula is C15H16F2N2O2. The molecule has 0 aliphatic carbocycles. The van der Waals surface area contributed by atoms with E-state index < -0.39 is 11.6 Å². The van der Waals surface area contributed by atoms with Crippen molar-refractivity contribution in [2.24, 2.45) is 0 Å². The number of benzene rings is 1. The van der Waals surface area contributed by atoms with Crippen LogP contribution in [0.4, 0.5) is 14.5 Å². The predicted octanol–water partition coefficient (Wildman–Crippen LogP) is 2.39. The summed E-state index contributed by atoms with van der Waals surface area (Å²) in [6.45, 7) is 1.13. The third-order valence-corrected chi connectivity index (χ3v) is 2.94. The van der Waals surface area contributed by atoms with E-state index in [1.54, 1.807) is 19.4 Å². The Balaban J connectivity index is 2.07. The van der Waals surface area contributed by atoms with Crippen LogP contribution < -0.4 is 10.9 Å². The van der Waals surface area contributed by atoms with Gasteiger partial charge in [-0.25, -0.2) is 8.78 Å². The Kier molecular flexibility index (Phi) is 5.05. The minimum atomic E-state index is -0.614. The van der Waals surface area contributed by atoms with E-state index in [-0.39, 0.29) is 12.1 Å². The molecule has 0 aliphatic heterocycles. The molecule has 0 radical (unpaired) electrons. The van der Waals surface area contributed by atoms with Gasteiger partial charge in [0.2, 0.25) is 0 Å². The molecule has 0 amide bonds. The number of nitrogens with zero attached hydrogens (tertiary/aromatic N) is 1. The maximum atomic E-state index is 13.1. The average molecular weight is 294 g/mol. The fourth-order valence-electron chi connectivity index (χ4n) is 1.92. The van der Waals surface area contributed by atoms with Crippen LogP contribution in [0, 0.1) is 11.6 Å². The summed E-state index contributed by atoms with van der Waals surface area (Å²) in [4.78, 5) is 11.6. The molecule has 4 nitrogen and oxygen atoms in total. The van der Waals surface area contributed by atoms with Crippen LogP contribution in [-0.4, -0.2) is 18.3 Å². The van der Waals surface area contributed by atoms with Gasteiger partial charge >= 0.3 is 0 Å². The van der Waals surface area contributed by atoms with Crippen molar-refractivity contribution < 1.29 is 13.5 Å². The van der Waals surface area contributed by atoms with E-state index in [1.165, 1.54) is 22.8 Å². The lowest BCUT2D eigenvalue weighted by Gasteiger charge is -2.10. The molecule has 112 valence electrons. The zero-order valence-electron chi connectivity index (χ0n) is 11.6. The van der Waals surface area contributed by atoms with Crippen molar-refractivity contribution in [3.8, 4) is 0 Å². The van der Waals surface area contributed by atoms with Crippen LogP contribution in [0.2, 0.25) is 0 Å². The van der Waals surface area contributed by atoms with Gasteiger partial charge in [-0.05, 0) is 23.8 Å². The summed E-state index contributed by atoms with van der Waals surface area (Å²) in [5.74, 6) is -1.23. The molecule has 1 aromatic heterocycles. The molecule has 2 rings (SSSR count). The first kappa shape index (κ1) is 15.2. The monoisotopic (exact) mass is 294 g/mol. The number of aromatic nitrogens is 1. The second-order valence-corrected chi connectivity index (χ2v) is 4.57. The molecule has 0 spiro atoms. The molecule has 0 bridgehead atoms. The van der Waals surface area contributed by atoms with Crippen LogP contribution >= 0.6 is 0 Å². The minimum absolute atomic E-state index is 0.130. The minimum Gasteiger partial charge on any atom is -0.383 e. The smallest absolute Gasteiger partial charge is 0.250 e. The molecule has 1 aromatic carbocycles. The molecule has 1 N–H and O–H groups in total. The van der Waals surface area contributed by atoms with Gasteiger partial charge in [-0.1, -0.05) is 0 Å². The summed E-state index contributed by atoms with van der Waals surface area (Å²) >= 11 is 0. The maximum Gasteiger partial charge on any atom is 0.250 e. The highest BCUT2D eigenvalue weighted by Gasteiger charge is 2.02. The predicted molar refractivity (Wildman–Crippen MR) is 76.3 cm³/mol. The van der Waals surface area contributed by atoms with Crippen molar-refractivity contribution in [1.29, 1.82) is 0 Å². The van der Waals surface area contributed by atoms with Crippen molar-refractivity contribution in [2.75, 3.05) is 19.0 Å². The van der Waals surface area contributed by atoms with Crippen LogP contribution in [0.5, 0.6) is 0 Å². The highest BCUT2D eigenvalue weighted by atomic mass is 19.1. The van der Waals surface area contributed by atoms with Crippen LogP contribution in [0.15, 0.2) is 41.3 Å². The molecule has 0 saturated carbocycles. The van der Waals surface area contributed by atoms with Gasteiger partial charge in [0.1, 0.15) is 11.6 Å². The Bertz CT molecular complexity index is 651. The van der Waals surface area contributed by atoms with E-state index in [9.17, 15) is 13.6 Å². The number of hydrogen-bond donors (Lipinski definition) is 1. The first-order valence-corrected chi connectivity index (χ1v) is 6.47. The van der Waals surface area contributed by atoms with Gasteiger partial charge in [0.15, 0.2) is 0 Å². The number of nitrogens with one attached hydrogen (secondary N) is 1. The molecule has 0 unspecified atom stereocenters. The van der Waals surface area contributed by atoms with E-state index in [1.807, 2.05) is 0 Å². The largest absolute Gasteiger partial charge is 0.383 e. The Labute approximate surface area is 121 Å². The van der Waals surface area contributed by atoms with Crippen LogP contribution in [0.3, 0.4) is 0 Å². The zero-order chi connectivity index (χ0) is 15.2. The molecule has 6 heteroatoms. The second kappa shape index (κ2) is 6.99. The van der Waals surface area contributed by atoms with Gasteiger partial charge in [-0.15, -0.1) is 0 Å². The van der Waals surface area contributed by atoms with Crippen LogP contribution in [0.1, 0.15) is 5.56 Å². The lowest BCUT2D eigenvalue weighted by Crippen LogP contribution is -2.21. The quantitative estimate of drug-likeness (QED) is 0.889. The number of pyridine rings is 1. The van der Waals surface area contributed by atoms with Gasteiger partial charge in [0.05, 0.1) is 12.3 Å². The Hall–Kier alpha value is -2.21. The SMILES string of the molecule is COCCn1cc(NCc2cc(F)cc(F)c2)ccc1=O. The first-order chi connectivity index (χ1) is 10.1. The number of ether oxygens (including phenoxy) is 1. The number of anilines is 1. The number of rotatable bonds is 6. The van der Waals surface area contributed by atoms with E-state index in [0.717, 1.165) is 6.07 Å². The topological polar surface area (TPSA) is 43.3 Å². The zero-order valence-corrected chi connectivity index (χ0v) is 11.6. The first-order valence-electron chi connectivity index (χ1n) is 6.47.